The molecule has 2 nitrogen and oxygen atoms in total. The molecule has 0 saturated heterocycles. The van der Waals surface area contributed by atoms with Gasteiger partial charge in [-0.3, -0.25) is 5.26 Å². The van der Waals surface area contributed by atoms with Crippen molar-refractivity contribution in [1.29, 1.82) is 0 Å². The van der Waals surface area contributed by atoms with Gasteiger partial charge in [-0.2, -0.15) is 0 Å². The number of rotatable bonds is 7. The minimum atomic E-state index is -0.300. The molecule has 0 aromatic rings. The van der Waals surface area contributed by atoms with Crippen LogP contribution in [-0.2, 0) is 4.89 Å². The second kappa shape index (κ2) is 6.44. The van der Waals surface area contributed by atoms with Gasteiger partial charge in [0.15, 0.2) is 0 Å². The Morgan fingerprint density at radius 2 is 1.50 bits per heavy atom. The van der Waals surface area contributed by atoms with E-state index in [-0.39, 0.29) is 5.60 Å². The average Bonchev–Trinajstić information content (AvgIpc) is 2.11. The lowest BCUT2D eigenvalue weighted by atomic mass is 9.93. The molecule has 74 valence electrons. The van der Waals surface area contributed by atoms with Crippen LogP contribution < -0.4 is 0 Å². The minimum absolute atomic E-state index is 0.300. The second-order valence-electron chi connectivity index (χ2n) is 3.75. The summed E-state index contributed by atoms with van der Waals surface area (Å²) < 4.78 is 0. The maximum atomic E-state index is 8.74. The fourth-order valence-electron chi connectivity index (χ4n) is 1.32. The van der Waals surface area contributed by atoms with Crippen molar-refractivity contribution in [3.8, 4) is 0 Å². The number of hydrogen-bond acceptors (Lipinski definition) is 2. The monoisotopic (exact) mass is 174 g/mol. The van der Waals surface area contributed by atoms with E-state index in [0.717, 1.165) is 38.5 Å². The van der Waals surface area contributed by atoms with Crippen molar-refractivity contribution in [2.45, 2.75) is 64.9 Å². The van der Waals surface area contributed by atoms with Crippen LogP contribution in [0.15, 0.2) is 0 Å². The number of unbranched alkanes of at least 4 members (excludes halogenated alkanes) is 2. The van der Waals surface area contributed by atoms with E-state index >= 15 is 0 Å². The Morgan fingerprint density at radius 1 is 1.08 bits per heavy atom. The van der Waals surface area contributed by atoms with Crippen LogP contribution in [0, 0.1) is 0 Å². The lowest BCUT2D eigenvalue weighted by Gasteiger charge is -2.25. The largest absolute Gasteiger partial charge is 0.251 e. The van der Waals surface area contributed by atoms with E-state index < -0.39 is 0 Å². The molecule has 0 aliphatic heterocycles. The van der Waals surface area contributed by atoms with Crippen LogP contribution in [0.4, 0.5) is 0 Å². The van der Waals surface area contributed by atoms with Gasteiger partial charge in [0.2, 0.25) is 0 Å². The summed E-state index contributed by atoms with van der Waals surface area (Å²) in [7, 11) is 0. The highest BCUT2D eigenvalue weighted by Crippen LogP contribution is 2.23. The Hall–Kier alpha value is -0.0800. The molecule has 0 aliphatic rings. The van der Waals surface area contributed by atoms with Gasteiger partial charge in [-0.15, -0.1) is 0 Å². The first-order valence-electron chi connectivity index (χ1n) is 5.01. The zero-order valence-electron chi connectivity index (χ0n) is 8.60. The van der Waals surface area contributed by atoms with E-state index in [4.69, 9.17) is 5.26 Å². The number of hydrogen-bond donors (Lipinski definition) is 1. The maximum Gasteiger partial charge on any atom is 0.100 e. The smallest absolute Gasteiger partial charge is 0.100 e. The molecule has 0 aliphatic carbocycles. The van der Waals surface area contributed by atoms with Crippen LogP contribution in [-0.4, -0.2) is 10.9 Å². The first-order valence-corrected chi connectivity index (χ1v) is 5.01. The molecule has 0 aromatic carbocycles. The Labute approximate surface area is 75.9 Å². The fraction of sp³-hybridized carbons (Fsp3) is 1.00. The molecule has 1 N–H and O–H groups in total. The van der Waals surface area contributed by atoms with Gasteiger partial charge in [-0.25, -0.2) is 4.89 Å². The highest BCUT2D eigenvalue weighted by atomic mass is 17.1. The highest BCUT2D eigenvalue weighted by molar-refractivity contribution is 4.72. The van der Waals surface area contributed by atoms with E-state index in [1.807, 2.05) is 6.92 Å². The lowest BCUT2D eigenvalue weighted by molar-refractivity contribution is -0.322. The summed E-state index contributed by atoms with van der Waals surface area (Å²) in [5.41, 5.74) is -0.300. The Kier molecular flexibility index (Phi) is 6.39. The summed E-state index contributed by atoms with van der Waals surface area (Å²) in [5, 5.41) is 8.74. The van der Waals surface area contributed by atoms with Crippen molar-refractivity contribution in [3.05, 3.63) is 0 Å². The standard InChI is InChI=1S/C10H22O2/c1-4-6-8-10(3,12-11)9-7-5-2/h11H,4-9H2,1-3H3. The predicted octanol–water partition coefficient (Wildman–Crippen LogP) is 3.62. The summed E-state index contributed by atoms with van der Waals surface area (Å²) in [6.45, 7) is 6.29. The molecule has 0 rings (SSSR count). The minimum Gasteiger partial charge on any atom is -0.251 e. The molecule has 0 atom stereocenters. The van der Waals surface area contributed by atoms with Gasteiger partial charge in [0, 0.05) is 0 Å². The average molecular weight is 174 g/mol. The quantitative estimate of drug-likeness (QED) is 0.472. The van der Waals surface area contributed by atoms with Gasteiger partial charge >= 0.3 is 0 Å². The van der Waals surface area contributed by atoms with Crippen LogP contribution >= 0.6 is 0 Å². The Balaban J connectivity index is 3.70. The third kappa shape index (κ3) is 4.73. The van der Waals surface area contributed by atoms with Crippen molar-refractivity contribution in [2.24, 2.45) is 0 Å². The summed E-state index contributed by atoms with van der Waals surface area (Å²) in [4.78, 5) is 4.54. The van der Waals surface area contributed by atoms with Crippen LogP contribution in [0.3, 0.4) is 0 Å². The third-order valence-electron chi connectivity index (χ3n) is 2.34. The third-order valence-corrected chi connectivity index (χ3v) is 2.34. The van der Waals surface area contributed by atoms with Crippen LogP contribution in [0.2, 0.25) is 0 Å². The zero-order chi connectivity index (χ0) is 9.45. The molecular formula is C10H22O2. The first kappa shape index (κ1) is 11.9. The van der Waals surface area contributed by atoms with Crippen LogP contribution in [0.1, 0.15) is 59.3 Å². The molecule has 0 saturated carbocycles. The van der Waals surface area contributed by atoms with Gasteiger partial charge in [0.25, 0.3) is 0 Å². The van der Waals surface area contributed by atoms with Gasteiger partial charge in [-0.1, -0.05) is 39.5 Å². The van der Waals surface area contributed by atoms with Crippen LogP contribution in [0.5, 0.6) is 0 Å². The molecule has 0 spiro atoms. The lowest BCUT2D eigenvalue weighted by Crippen LogP contribution is -2.27. The van der Waals surface area contributed by atoms with Crippen molar-refractivity contribution < 1.29 is 10.1 Å². The van der Waals surface area contributed by atoms with Crippen LogP contribution in [0.25, 0.3) is 0 Å². The van der Waals surface area contributed by atoms with E-state index in [0.29, 0.717) is 0 Å². The Morgan fingerprint density at radius 3 is 1.75 bits per heavy atom. The van der Waals surface area contributed by atoms with Gasteiger partial charge in [0.05, 0.1) is 0 Å². The van der Waals surface area contributed by atoms with Crippen molar-refractivity contribution in [2.75, 3.05) is 0 Å². The van der Waals surface area contributed by atoms with Crippen molar-refractivity contribution in [1.82, 2.24) is 0 Å². The van der Waals surface area contributed by atoms with Gasteiger partial charge < -0.3 is 0 Å². The summed E-state index contributed by atoms with van der Waals surface area (Å²) >= 11 is 0. The van der Waals surface area contributed by atoms with E-state index in [1.54, 1.807) is 0 Å². The molecule has 12 heavy (non-hydrogen) atoms. The fourth-order valence-corrected chi connectivity index (χ4v) is 1.32. The predicted molar refractivity (Wildman–Crippen MR) is 51.2 cm³/mol. The molecule has 0 fully saturated rings. The molecule has 2 heteroatoms. The molecule has 0 radical (unpaired) electrons. The van der Waals surface area contributed by atoms with Crippen molar-refractivity contribution in [3.63, 3.8) is 0 Å². The molecule has 0 heterocycles. The first-order chi connectivity index (χ1) is 5.68. The van der Waals surface area contributed by atoms with E-state index in [1.165, 1.54) is 0 Å². The zero-order valence-corrected chi connectivity index (χ0v) is 8.60. The second-order valence-corrected chi connectivity index (χ2v) is 3.75. The van der Waals surface area contributed by atoms with E-state index in [2.05, 4.69) is 18.7 Å². The SMILES string of the molecule is CCCCC(C)(CCCC)OO. The van der Waals surface area contributed by atoms with Gasteiger partial charge in [0.1, 0.15) is 5.60 Å². The summed E-state index contributed by atoms with van der Waals surface area (Å²) in [5.74, 6) is 0. The maximum absolute atomic E-state index is 8.74. The van der Waals surface area contributed by atoms with E-state index in [9.17, 15) is 0 Å². The Bertz CT molecular complexity index is 94.0. The molecule has 0 amide bonds. The summed E-state index contributed by atoms with van der Waals surface area (Å²) in [6, 6.07) is 0. The normalized spacial score (nSPS) is 12.0. The molecular weight excluding hydrogens is 152 g/mol. The van der Waals surface area contributed by atoms with Crippen molar-refractivity contribution >= 4 is 0 Å². The molecule has 0 bridgehead atoms. The highest BCUT2D eigenvalue weighted by Gasteiger charge is 2.23. The summed E-state index contributed by atoms with van der Waals surface area (Å²) in [6.07, 6.45) is 6.48. The topological polar surface area (TPSA) is 29.5 Å². The van der Waals surface area contributed by atoms with Gasteiger partial charge in [-0.05, 0) is 19.8 Å². The molecule has 0 unspecified atom stereocenters. The molecule has 0 aromatic heterocycles.